The number of oxazole rings is 1. The van der Waals surface area contributed by atoms with Crippen molar-refractivity contribution >= 4 is 28.5 Å². The van der Waals surface area contributed by atoms with Crippen LogP contribution in [0.4, 0.5) is 6.01 Å². The van der Waals surface area contributed by atoms with Crippen LogP contribution in [0.15, 0.2) is 56.7 Å². The van der Waals surface area contributed by atoms with Gasteiger partial charge in [0.15, 0.2) is 5.58 Å². The van der Waals surface area contributed by atoms with Gasteiger partial charge in [0.2, 0.25) is 0 Å². The summed E-state index contributed by atoms with van der Waals surface area (Å²) in [5.74, 6) is 0. The molecule has 4 aliphatic rings. The second-order valence-electron chi connectivity index (χ2n) is 7.84. The smallest absolute Gasteiger partial charge is 0.292 e. The van der Waals surface area contributed by atoms with Crippen LogP contribution in [0.25, 0.3) is 11.1 Å². The van der Waals surface area contributed by atoms with E-state index in [0.29, 0.717) is 17.8 Å². The monoisotopic (exact) mass is 375 g/mol. The molecule has 28 heavy (non-hydrogen) atoms. The number of benzene rings is 1. The molecule has 0 aliphatic carbocycles. The Hall–Kier alpha value is -2.93. The third-order valence-corrected chi connectivity index (χ3v) is 5.96. The second-order valence-corrected chi connectivity index (χ2v) is 7.84. The normalized spacial score (nSPS) is 28.8. The van der Waals surface area contributed by atoms with E-state index in [-0.39, 0.29) is 12.1 Å². The zero-order valence-electron chi connectivity index (χ0n) is 15.4. The lowest BCUT2D eigenvalue weighted by molar-refractivity contribution is -0.0279. The van der Waals surface area contributed by atoms with Crippen LogP contribution in [-0.2, 0) is 4.74 Å². The standard InChI is InChI=1S/C21H21N5O2/c22-21-25-19-7-12(1-6-20(19)28-21)16-4-5-17-18(24-16)8-13(9-23-17)26-10-14-2-3-15(11-26)27-14/h1,4-7,9,14-15,18H,2-3,8,10-11H2,(H2,22,25). The van der Waals surface area contributed by atoms with Crippen molar-refractivity contribution < 1.29 is 9.15 Å². The van der Waals surface area contributed by atoms with Gasteiger partial charge in [-0.1, -0.05) is 0 Å². The van der Waals surface area contributed by atoms with Crippen LogP contribution in [-0.4, -0.2) is 52.6 Å². The topological polar surface area (TPSA) is 89.2 Å². The predicted molar refractivity (Wildman–Crippen MR) is 107 cm³/mol. The average molecular weight is 375 g/mol. The fraction of sp³-hybridized carbons (Fsp3) is 0.381. The number of dihydropyridines is 1. The molecule has 4 aliphatic heterocycles. The first kappa shape index (κ1) is 16.1. The van der Waals surface area contributed by atoms with Gasteiger partial charge in [-0.05, 0) is 43.2 Å². The molecule has 0 amide bonds. The van der Waals surface area contributed by atoms with E-state index in [0.717, 1.165) is 42.0 Å². The van der Waals surface area contributed by atoms with Gasteiger partial charge >= 0.3 is 0 Å². The maximum absolute atomic E-state index is 5.97. The van der Waals surface area contributed by atoms with Gasteiger partial charge in [-0.15, -0.1) is 0 Å². The molecule has 6 rings (SSSR count). The summed E-state index contributed by atoms with van der Waals surface area (Å²) in [5.41, 5.74) is 11.3. The quantitative estimate of drug-likeness (QED) is 0.872. The largest absolute Gasteiger partial charge is 0.424 e. The molecule has 2 saturated heterocycles. The number of hydrogen-bond donors (Lipinski definition) is 1. The van der Waals surface area contributed by atoms with Crippen LogP contribution in [0.2, 0.25) is 0 Å². The van der Waals surface area contributed by atoms with Crippen LogP contribution in [0.1, 0.15) is 24.8 Å². The first-order chi connectivity index (χ1) is 13.7. The van der Waals surface area contributed by atoms with Crippen LogP contribution in [0, 0.1) is 0 Å². The highest BCUT2D eigenvalue weighted by Crippen LogP contribution is 2.32. The molecular formula is C21H21N5O2. The number of hydrogen-bond acceptors (Lipinski definition) is 7. The predicted octanol–water partition coefficient (Wildman–Crippen LogP) is 2.69. The molecule has 7 nitrogen and oxygen atoms in total. The molecule has 142 valence electrons. The zero-order chi connectivity index (χ0) is 18.7. The Bertz CT molecular complexity index is 1070. The van der Waals surface area contributed by atoms with E-state index >= 15 is 0 Å². The van der Waals surface area contributed by atoms with E-state index in [4.69, 9.17) is 24.9 Å². The number of rotatable bonds is 2. The lowest BCUT2D eigenvalue weighted by Gasteiger charge is -2.37. The van der Waals surface area contributed by atoms with Crippen molar-refractivity contribution in [2.24, 2.45) is 9.98 Å². The van der Waals surface area contributed by atoms with E-state index < -0.39 is 0 Å². The fourth-order valence-corrected chi connectivity index (χ4v) is 4.57. The summed E-state index contributed by atoms with van der Waals surface area (Å²) >= 11 is 0. The molecule has 0 saturated carbocycles. The van der Waals surface area contributed by atoms with E-state index in [1.807, 2.05) is 30.5 Å². The number of nitrogens with zero attached hydrogens (tertiary/aromatic N) is 4. The number of aromatic nitrogens is 1. The van der Waals surface area contributed by atoms with Crippen LogP contribution in [0.5, 0.6) is 0 Å². The molecule has 2 fully saturated rings. The Morgan fingerprint density at radius 3 is 2.82 bits per heavy atom. The molecule has 2 bridgehead atoms. The highest BCUT2D eigenvalue weighted by atomic mass is 16.5. The van der Waals surface area contributed by atoms with Gasteiger partial charge in [0.05, 0.1) is 29.7 Å². The number of nitrogen functional groups attached to an aromatic ring is 1. The molecule has 0 spiro atoms. The molecule has 3 unspecified atom stereocenters. The van der Waals surface area contributed by atoms with E-state index in [1.54, 1.807) is 0 Å². The van der Waals surface area contributed by atoms with Crippen molar-refractivity contribution in [2.45, 2.75) is 37.5 Å². The molecule has 2 aromatic rings. The number of likely N-dealkylation sites (tertiary alicyclic amines) is 1. The summed E-state index contributed by atoms with van der Waals surface area (Å²) in [4.78, 5) is 16.4. The number of allylic oxidation sites excluding steroid dienone is 1. The van der Waals surface area contributed by atoms with Crippen molar-refractivity contribution in [3.63, 3.8) is 0 Å². The van der Waals surface area contributed by atoms with Crippen LogP contribution in [0.3, 0.4) is 0 Å². The molecular weight excluding hydrogens is 354 g/mol. The van der Waals surface area contributed by atoms with E-state index in [2.05, 4.69) is 16.0 Å². The van der Waals surface area contributed by atoms with Gasteiger partial charge in [0.25, 0.3) is 6.01 Å². The third-order valence-electron chi connectivity index (χ3n) is 5.96. The molecule has 7 heteroatoms. The fourth-order valence-electron chi connectivity index (χ4n) is 4.57. The minimum absolute atomic E-state index is 0.0542. The SMILES string of the molecule is Nc1nc2cc(C3=NC4CC(N5CC6CCC(C5)O6)=CN=C4C=C3)ccc2o1. The van der Waals surface area contributed by atoms with E-state index in [9.17, 15) is 0 Å². The molecule has 1 aromatic heterocycles. The van der Waals surface area contributed by atoms with Crippen LogP contribution < -0.4 is 5.73 Å². The Labute approximate surface area is 162 Å². The minimum atomic E-state index is 0.0542. The van der Waals surface area contributed by atoms with E-state index in [1.165, 1.54) is 18.5 Å². The van der Waals surface area contributed by atoms with Gasteiger partial charge in [-0.3, -0.25) is 9.98 Å². The molecule has 3 atom stereocenters. The molecule has 1 aromatic carbocycles. The van der Waals surface area contributed by atoms with Crippen molar-refractivity contribution in [3.8, 4) is 0 Å². The summed E-state index contributed by atoms with van der Waals surface area (Å²) in [6.07, 6.45) is 10.1. The lowest BCUT2D eigenvalue weighted by Crippen LogP contribution is -2.43. The zero-order valence-corrected chi connectivity index (χ0v) is 15.4. The average Bonchev–Trinajstić information content (AvgIpc) is 3.26. The molecule has 0 radical (unpaired) electrons. The summed E-state index contributed by atoms with van der Waals surface area (Å²) in [6.45, 7) is 1.94. The lowest BCUT2D eigenvalue weighted by atomic mass is 9.97. The maximum Gasteiger partial charge on any atom is 0.292 e. The number of anilines is 1. The van der Waals surface area contributed by atoms with Gasteiger partial charge in [0.1, 0.15) is 5.52 Å². The van der Waals surface area contributed by atoms with Gasteiger partial charge in [0, 0.05) is 37.0 Å². The van der Waals surface area contributed by atoms with Crippen molar-refractivity contribution in [1.82, 2.24) is 9.88 Å². The first-order valence-electron chi connectivity index (χ1n) is 9.81. The first-order valence-corrected chi connectivity index (χ1v) is 9.81. The summed E-state index contributed by atoms with van der Waals surface area (Å²) in [5, 5.41) is 0. The maximum atomic E-state index is 5.97. The minimum Gasteiger partial charge on any atom is -0.424 e. The van der Waals surface area contributed by atoms with Crippen LogP contribution >= 0.6 is 0 Å². The summed E-state index contributed by atoms with van der Waals surface area (Å²) in [6, 6.07) is 6.10. The van der Waals surface area contributed by atoms with Crippen molar-refractivity contribution in [1.29, 1.82) is 0 Å². The Balaban J connectivity index is 1.27. The van der Waals surface area contributed by atoms with Gasteiger partial charge in [-0.2, -0.15) is 4.98 Å². The Morgan fingerprint density at radius 1 is 1.11 bits per heavy atom. The Kier molecular flexibility index (Phi) is 3.46. The van der Waals surface area contributed by atoms with Gasteiger partial charge in [-0.25, -0.2) is 0 Å². The highest BCUT2D eigenvalue weighted by molar-refractivity contribution is 6.17. The van der Waals surface area contributed by atoms with Gasteiger partial charge < -0.3 is 19.8 Å². The molecule has 5 heterocycles. The second kappa shape index (κ2) is 6.04. The summed E-state index contributed by atoms with van der Waals surface area (Å²) in [7, 11) is 0. The molecule has 2 N–H and O–H groups in total. The number of fused-ring (bicyclic) bond motifs is 4. The summed E-state index contributed by atoms with van der Waals surface area (Å²) < 4.78 is 11.3. The third kappa shape index (κ3) is 2.65. The highest BCUT2D eigenvalue weighted by Gasteiger charge is 2.36. The number of morpholine rings is 1. The Morgan fingerprint density at radius 2 is 1.96 bits per heavy atom. The number of nitrogens with two attached hydrogens (primary N) is 1. The number of aliphatic imine (C=N–C) groups is 2. The number of ether oxygens (including phenoxy) is 1. The van der Waals surface area contributed by atoms with Crippen molar-refractivity contribution in [2.75, 3.05) is 18.8 Å². The van der Waals surface area contributed by atoms with Crippen molar-refractivity contribution in [3.05, 3.63) is 47.8 Å².